The topological polar surface area (TPSA) is 64.5 Å². The molecule has 1 aliphatic heterocycles. The number of hydrogen-bond acceptors (Lipinski definition) is 6. The number of anilines is 1. The number of aromatic nitrogens is 2. The highest BCUT2D eigenvalue weighted by Crippen LogP contribution is 2.24. The predicted octanol–water partition coefficient (Wildman–Crippen LogP) is 1.72. The quantitative estimate of drug-likeness (QED) is 0.782. The first-order valence-electron chi connectivity index (χ1n) is 6.98. The molecule has 0 aliphatic carbocycles. The van der Waals surface area contributed by atoms with Gasteiger partial charge in [-0.1, -0.05) is 0 Å². The lowest BCUT2D eigenvalue weighted by molar-refractivity contribution is -0.145. The van der Waals surface area contributed by atoms with Crippen LogP contribution in [0.4, 0.5) is 5.95 Å². The molecule has 110 valence electrons. The van der Waals surface area contributed by atoms with Gasteiger partial charge in [-0.2, -0.15) is 4.98 Å². The SMILES string of the molecule is CCOC(=O)C1CCCCN1c1nc(C)cc(OC)n1. The van der Waals surface area contributed by atoms with Crippen LogP contribution in [0.15, 0.2) is 6.07 Å². The third-order valence-electron chi connectivity index (χ3n) is 3.35. The number of aryl methyl sites for hydroxylation is 1. The maximum atomic E-state index is 12.1. The van der Waals surface area contributed by atoms with Gasteiger partial charge in [-0.3, -0.25) is 0 Å². The summed E-state index contributed by atoms with van der Waals surface area (Å²) in [5, 5.41) is 0. The summed E-state index contributed by atoms with van der Waals surface area (Å²) in [6, 6.07) is 1.47. The monoisotopic (exact) mass is 279 g/mol. The molecule has 0 spiro atoms. The molecule has 20 heavy (non-hydrogen) atoms. The highest BCUT2D eigenvalue weighted by atomic mass is 16.5. The standard InChI is InChI=1S/C14H21N3O3/c1-4-20-13(18)11-7-5-6-8-17(11)14-15-10(2)9-12(16-14)19-3/h9,11H,4-8H2,1-3H3. The van der Waals surface area contributed by atoms with Crippen molar-refractivity contribution in [1.82, 2.24) is 9.97 Å². The van der Waals surface area contributed by atoms with Crippen molar-refractivity contribution < 1.29 is 14.3 Å². The molecule has 2 rings (SSSR count). The minimum atomic E-state index is -0.296. The lowest BCUT2D eigenvalue weighted by Crippen LogP contribution is -2.46. The summed E-state index contributed by atoms with van der Waals surface area (Å²) < 4.78 is 10.3. The minimum absolute atomic E-state index is 0.198. The van der Waals surface area contributed by atoms with Crippen LogP contribution >= 0.6 is 0 Å². The van der Waals surface area contributed by atoms with Crippen molar-refractivity contribution in [1.29, 1.82) is 0 Å². The smallest absolute Gasteiger partial charge is 0.328 e. The van der Waals surface area contributed by atoms with Crippen LogP contribution in [0.2, 0.25) is 0 Å². The molecular formula is C14H21N3O3. The first-order valence-corrected chi connectivity index (χ1v) is 6.98. The summed E-state index contributed by atoms with van der Waals surface area (Å²) in [4.78, 5) is 22.8. The van der Waals surface area contributed by atoms with Crippen LogP contribution in [0.25, 0.3) is 0 Å². The van der Waals surface area contributed by atoms with Crippen LogP contribution in [0.3, 0.4) is 0 Å². The fraction of sp³-hybridized carbons (Fsp3) is 0.643. The van der Waals surface area contributed by atoms with Gasteiger partial charge >= 0.3 is 5.97 Å². The molecule has 1 atom stereocenters. The molecule has 0 saturated carbocycles. The molecule has 1 aromatic rings. The second kappa shape index (κ2) is 6.54. The Bertz CT molecular complexity index is 479. The van der Waals surface area contributed by atoms with Crippen molar-refractivity contribution in [2.45, 2.75) is 39.2 Å². The zero-order chi connectivity index (χ0) is 14.5. The van der Waals surface area contributed by atoms with Gasteiger partial charge in [0, 0.05) is 18.3 Å². The van der Waals surface area contributed by atoms with Gasteiger partial charge < -0.3 is 14.4 Å². The Morgan fingerprint density at radius 3 is 2.95 bits per heavy atom. The van der Waals surface area contributed by atoms with E-state index in [1.54, 1.807) is 13.2 Å². The number of hydrogen-bond donors (Lipinski definition) is 0. The van der Waals surface area contributed by atoms with Crippen molar-refractivity contribution in [3.8, 4) is 5.88 Å². The molecule has 1 aromatic heterocycles. The van der Waals surface area contributed by atoms with Gasteiger partial charge in [0.2, 0.25) is 11.8 Å². The molecule has 0 radical (unpaired) electrons. The van der Waals surface area contributed by atoms with Crippen LogP contribution in [0.1, 0.15) is 31.9 Å². The summed E-state index contributed by atoms with van der Waals surface area (Å²) >= 11 is 0. The van der Waals surface area contributed by atoms with E-state index < -0.39 is 0 Å². The van der Waals surface area contributed by atoms with Crippen molar-refractivity contribution in [2.75, 3.05) is 25.2 Å². The first-order chi connectivity index (χ1) is 9.65. The molecule has 0 aromatic carbocycles. The number of carbonyl (C=O) groups is 1. The molecule has 0 N–H and O–H groups in total. The summed E-state index contributed by atoms with van der Waals surface area (Å²) in [7, 11) is 1.57. The van der Waals surface area contributed by atoms with Crippen molar-refractivity contribution in [3.63, 3.8) is 0 Å². The third kappa shape index (κ3) is 3.18. The van der Waals surface area contributed by atoms with E-state index in [1.165, 1.54) is 0 Å². The van der Waals surface area contributed by atoms with Gasteiger partial charge in [0.15, 0.2) is 0 Å². The zero-order valence-corrected chi connectivity index (χ0v) is 12.3. The molecule has 6 nitrogen and oxygen atoms in total. The van der Waals surface area contributed by atoms with E-state index in [0.29, 0.717) is 18.4 Å². The molecular weight excluding hydrogens is 258 g/mol. The summed E-state index contributed by atoms with van der Waals surface area (Å²) in [5.41, 5.74) is 0.819. The number of ether oxygens (including phenoxy) is 2. The maximum Gasteiger partial charge on any atom is 0.328 e. The van der Waals surface area contributed by atoms with E-state index >= 15 is 0 Å². The van der Waals surface area contributed by atoms with E-state index in [-0.39, 0.29) is 12.0 Å². The summed E-state index contributed by atoms with van der Waals surface area (Å²) in [6.07, 6.45) is 2.82. The third-order valence-corrected chi connectivity index (χ3v) is 3.35. The number of piperidine rings is 1. The average molecular weight is 279 g/mol. The predicted molar refractivity (Wildman–Crippen MR) is 74.9 cm³/mol. The number of esters is 1. The lowest BCUT2D eigenvalue weighted by atomic mass is 10.0. The van der Waals surface area contributed by atoms with Gasteiger partial charge in [0.05, 0.1) is 13.7 Å². The van der Waals surface area contributed by atoms with Gasteiger partial charge in [-0.15, -0.1) is 0 Å². The molecule has 1 unspecified atom stereocenters. The number of methoxy groups -OCH3 is 1. The van der Waals surface area contributed by atoms with Crippen molar-refractivity contribution in [2.24, 2.45) is 0 Å². The Hall–Kier alpha value is -1.85. The molecule has 1 fully saturated rings. The zero-order valence-electron chi connectivity index (χ0n) is 12.3. The van der Waals surface area contributed by atoms with E-state index in [1.807, 2.05) is 18.7 Å². The lowest BCUT2D eigenvalue weighted by Gasteiger charge is -2.34. The number of carbonyl (C=O) groups excluding carboxylic acids is 1. The van der Waals surface area contributed by atoms with Gasteiger partial charge in [0.25, 0.3) is 0 Å². The maximum absolute atomic E-state index is 12.1. The van der Waals surface area contributed by atoms with Gasteiger partial charge in [-0.05, 0) is 33.1 Å². The van der Waals surface area contributed by atoms with E-state index in [0.717, 1.165) is 31.5 Å². The Morgan fingerprint density at radius 1 is 1.45 bits per heavy atom. The normalized spacial score (nSPS) is 18.8. The van der Waals surface area contributed by atoms with Crippen molar-refractivity contribution in [3.05, 3.63) is 11.8 Å². The highest BCUT2D eigenvalue weighted by Gasteiger charge is 2.31. The minimum Gasteiger partial charge on any atom is -0.481 e. The Labute approximate surface area is 119 Å². The molecule has 1 aliphatic rings. The molecule has 6 heteroatoms. The van der Waals surface area contributed by atoms with E-state index in [4.69, 9.17) is 9.47 Å². The van der Waals surface area contributed by atoms with E-state index in [9.17, 15) is 4.79 Å². The summed E-state index contributed by atoms with van der Waals surface area (Å²) in [6.45, 7) is 4.85. The molecule has 0 amide bonds. The molecule has 0 bridgehead atoms. The molecule has 2 heterocycles. The van der Waals surface area contributed by atoms with Crippen molar-refractivity contribution >= 4 is 11.9 Å². The second-order valence-corrected chi connectivity index (χ2v) is 4.81. The van der Waals surface area contributed by atoms with Crippen LogP contribution in [-0.2, 0) is 9.53 Å². The van der Waals surface area contributed by atoms with Gasteiger partial charge in [-0.25, -0.2) is 9.78 Å². The van der Waals surface area contributed by atoms with Crippen LogP contribution in [0.5, 0.6) is 5.88 Å². The average Bonchev–Trinajstić information content (AvgIpc) is 2.46. The Balaban J connectivity index is 2.27. The van der Waals surface area contributed by atoms with Crippen LogP contribution < -0.4 is 9.64 Å². The summed E-state index contributed by atoms with van der Waals surface area (Å²) in [5.74, 6) is 0.858. The highest BCUT2D eigenvalue weighted by molar-refractivity contribution is 5.79. The fourth-order valence-corrected chi connectivity index (χ4v) is 2.41. The number of nitrogens with zero attached hydrogens (tertiary/aromatic N) is 3. The largest absolute Gasteiger partial charge is 0.481 e. The van der Waals surface area contributed by atoms with Gasteiger partial charge in [0.1, 0.15) is 6.04 Å². The fourth-order valence-electron chi connectivity index (χ4n) is 2.41. The number of rotatable bonds is 4. The first kappa shape index (κ1) is 14.6. The molecule has 1 saturated heterocycles. The van der Waals surface area contributed by atoms with E-state index in [2.05, 4.69) is 9.97 Å². The van der Waals surface area contributed by atoms with Crippen LogP contribution in [-0.4, -0.2) is 42.2 Å². The Morgan fingerprint density at radius 2 is 2.25 bits per heavy atom. The van der Waals surface area contributed by atoms with Crippen LogP contribution in [0, 0.1) is 6.92 Å². The Kier molecular flexibility index (Phi) is 4.76. The second-order valence-electron chi connectivity index (χ2n) is 4.81.